The molecule has 7 heteroatoms. The Hall–Kier alpha value is -3.87. The fourth-order valence-corrected chi connectivity index (χ4v) is 2.58. The zero-order valence-electron chi connectivity index (χ0n) is 13.6. The van der Waals surface area contributed by atoms with Crippen molar-refractivity contribution in [2.45, 2.75) is 0 Å². The molecule has 1 aromatic carbocycles. The highest BCUT2D eigenvalue weighted by atomic mass is 16.1. The Morgan fingerprint density at radius 3 is 2.54 bits per heavy atom. The highest BCUT2D eigenvalue weighted by Gasteiger charge is 2.13. The van der Waals surface area contributed by atoms with E-state index in [0.29, 0.717) is 11.3 Å². The topological polar surface area (TPSA) is 85.6 Å². The lowest BCUT2D eigenvalue weighted by Gasteiger charge is -2.10. The van der Waals surface area contributed by atoms with Crippen LogP contribution in [0, 0.1) is 0 Å². The maximum atomic E-state index is 12.7. The summed E-state index contributed by atoms with van der Waals surface area (Å²) in [5.74, 6) is 0.504. The number of nitrogens with zero attached hydrogens (tertiary/aromatic N) is 5. The molecule has 4 aromatic rings. The van der Waals surface area contributed by atoms with E-state index in [1.807, 2.05) is 24.3 Å². The van der Waals surface area contributed by atoms with E-state index in [-0.39, 0.29) is 5.91 Å². The SMILES string of the molecule is O=C(Nc1ccc(-n2ccnc2)nc1)c1ccccc1-c1cncnc1. The largest absolute Gasteiger partial charge is 0.321 e. The van der Waals surface area contributed by atoms with E-state index < -0.39 is 0 Å². The molecule has 3 aromatic heterocycles. The second-order valence-corrected chi connectivity index (χ2v) is 5.50. The zero-order valence-corrected chi connectivity index (χ0v) is 13.6. The average Bonchev–Trinajstić information content (AvgIpc) is 3.24. The van der Waals surface area contributed by atoms with E-state index in [2.05, 4.69) is 25.3 Å². The van der Waals surface area contributed by atoms with Crippen LogP contribution in [-0.2, 0) is 0 Å². The lowest BCUT2D eigenvalue weighted by Crippen LogP contribution is -2.13. The number of carbonyl (C=O) groups excluding carboxylic acids is 1. The number of hydrogen-bond donors (Lipinski definition) is 1. The van der Waals surface area contributed by atoms with Gasteiger partial charge in [0, 0.05) is 35.9 Å². The van der Waals surface area contributed by atoms with Crippen LogP contribution in [0.2, 0.25) is 0 Å². The molecule has 0 radical (unpaired) electrons. The van der Waals surface area contributed by atoms with E-state index in [4.69, 9.17) is 0 Å². The number of carbonyl (C=O) groups is 1. The van der Waals surface area contributed by atoms with Gasteiger partial charge in [0.05, 0.1) is 11.9 Å². The number of pyridine rings is 1. The van der Waals surface area contributed by atoms with Crippen LogP contribution in [-0.4, -0.2) is 30.4 Å². The summed E-state index contributed by atoms with van der Waals surface area (Å²) in [5, 5.41) is 2.87. The Morgan fingerprint density at radius 1 is 0.962 bits per heavy atom. The molecule has 0 bridgehead atoms. The van der Waals surface area contributed by atoms with E-state index in [1.165, 1.54) is 6.33 Å². The average molecular weight is 342 g/mol. The second-order valence-electron chi connectivity index (χ2n) is 5.50. The molecule has 4 rings (SSSR count). The third kappa shape index (κ3) is 3.18. The van der Waals surface area contributed by atoms with Crippen molar-refractivity contribution in [1.82, 2.24) is 24.5 Å². The van der Waals surface area contributed by atoms with Gasteiger partial charge >= 0.3 is 0 Å². The molecule has 26 heavy (non-hydrogen) atoms. The number of nitrogens with one attached hydrogen (secondary N) is 1. The molecule has 0 saturated carbocycles. The Kier molecular flexibility index (Phi) is 4.17. The van der Waals surface area contributed by atoms with Crippen LogP contribution in [0.15, 0.2) is 80.0 Å². The second kappa shape index (κ2) is 6.94. The predicted octanol–water partition coefficient (Wildman–Crippen LogP) is 2.98. The van der Waals surface area contributed by atoms with E-state index in [9.17, 15) is 4.79 Å². The van der Waals surface area contributed by atoms with Gasteiger partial charge in [0.25, 0.3) is 5.91 Å². The number of amides is 1. The molecule has 0 fully saturated rings. The first-order chi connectivity index (χ1) is 12.8. The normalized spacial score (nSPS) is 10.5. The van der Waals surface area contributed by atoms with Gasteiger partial charge in [-0.2, -0.15) is 0 Å². The first kappa shape index (κ1) is 15.6. The first-order valence-electron chi connectivity index (χ1n) is 7.91. The van der Waals surface area contributed by atoms with Crippen molar-refractivity contribution in [3.63, 3.8) is 0 Å². The lowest BCUT2D eigenvalue weighted by atomic mass is 10.0. The summed E-state index contributed by atoms with van der Waals surface area (Å²) in [5.41, 5.74) is 2.71. The molecule has 126 valence electrons. The summed E-state index contributed by atoms with van der Waals surface area (Å²) in [7, 11) is 0. The molecule has 0 spiro atoms. The number of benzene rings is 1. The van der Waals surface area contributed by atoms with Gasteiger partial charge in [0.2, 0.25) is 0 Å². The number of anilines is 1. The monoisotopic (exact) mass is 342 g/mol. The van der Waals surface area contributed by atoms with Crippen molar-refractivity contribution >= 4 is 11.6 Å². The third-order valence-electron chi connectivity index (χ3n) is 3.82. The molecule has 0 atom stereocenters. The smallest absolute Gasteiger partial charge is 0.256 e. The van der Waals surface area contributed by atoms with E-state index in [0.717, 1.165) is 16.9 Å². The van der Waals surface area contributed by atoms with Crippen molar-refractivity contribution in [3.8, 4) is 16.9 Å². The minimum absolute atomic E-state index is 0.221. The summed E-state index contributed by atoms with van der Waals surface area (Å²) < 4.78 is 1.79. The lowest BCUT2D eigenvalue weighted by molar-refractivity contribution is 0.102. The van der Waals surface area contributed by atoms with Crippen LogP contribution in [0.4, 0.5) is 5.69 Å². The van der Waals surface area contributed by atoms with Crippen molar-refractivity contribution in [2.24, 2.45) is 0 Å². The maximum Gasteiger partial charge on any atom is 0.256 e. The van der Waals surface area contributed by atoms with Crippen LogP contribution >= 0.6 is 0 Å². The van der Waals surface area contributed by atoms with Gasteiger partial charge in [-0.25, -0.2) is 19.9 Å². The minimum Gasteiger partial charge on any atom is -0.321 e. The van der Waals surface area contributed by atoms with Gasteiger partial charge < -0.3 is 5.32 Å². The number of hydrogen-bond acceptors (Lipinski definition) is 5. The van der Waals surface area contributed by atoms with Crippen LogP contribution in [0.1, 0.15) is 10.4 Å². The molecule has 0 aliphatic heterocycles. The summed E-state index contributed by atoms with van der Waals surface area (Å²) in [6.45, 7) is 0. The predicted molar refractivity (Wildman–Crippen MR) is 96.8 cm³/mol. The summed E-state index contributed by atoms with van der Waals surface area (Å²) in [6, 6.07) is 10.9. The third-order valence-corrected chi connectivity index (χ3v) is 3.82. The van der Waals surface area contributed by atoms with Crippen LogP contribution in [0.3, 0.4) is 0 Å². The van der Waals surface area contributed by atoms with Gasteiger partial charge in [0.15, 0.2) is 0 Å². The highest BCUT2D eigenvalue weighted by molar-refractivity contribution is 6.08. The Morgan fingerprint density at radius 2 is 1.81 bits per heavy atom. The van der Waals surface area contributed by atoms with E-state index >= 15 is 0 Å². The fraction of sp³-hybridized carbons (Fsp3) is 0. The van der Waals surface area contributed by atoms with E-state index in [1.54, 1.807) is 54.0 Å². The van der Waals surface area contributed by atoms with Crippen LogP contribution in [0.5, 0.6) is 0 Å². The van der Waals surface area contributed by atoms with Gasteiger partial charge in [-0.1, -0.05) is 18.2 Å². The van der Waals surface area contributed by atoms with Crippen molar-refractivity contribution in [2.75, 3.05) is 5.32 Å². The molecular formula is C19H14N6O. The Bertz CT molecular complexity index is 1010. The standard InChI is InChI=1S/C19H14N6O/c26-19(17-4-2-1-3-16(17)14-9-21-12-22-10-14)24-15-5-6-18(23-11-15)25-8-7-20-13-25/h1-13H,(H,24,26). The summed E-state index contributed by atoms with van der Waals surface area (Å²) in [4.78, 5) is 29.1. The van der Waals surface area contributed by atoms with Gasteiger partial charge in [-0.3, -0.25) is 9.36 Å². The summed E-state index contributed by atoms with van der Waals surface area (Å²) in [6.07, 6.45) is 11.6. The quantitative estimate of drug-likeness (QED) is 0.616. The van der Waals surface area contributed by atoms with Gasteiger partial charge in [0.1, 0.15) is 18.5 Å². The molecule has 0 unspecified atom stereocenters. The van der Waals surface area contributed by atoms with Crippen LogP contribution in [0.25, 0.3) is 16.9 Å². The molecule has 3 heterocycles. The Balaban J connectivity index is 1.58. The molecule has 1 amide bonds. The van der Waals surface area contributed by atoms with Crippen molar-refractivity contribution in [3.05, 3.63) is 85.6 Å². The fourth-order valence-electron chi connectivity index (χ4n) is 2.58. The molecule has 0 aliphatic carbocycles. The molecule has 1 N–H and O–H groups in total. The first-order valence-corrected chi connectivity index (χ1v) is 7.91. The number of rotatable bonds is 4. The minimum atomic E-state index is -0.221. The van der Waals surface area contributed by atoms with Gasteiger partial charge in [-0.05, 0) is 23.8 Å². The van der Waals surface area contributed by atoms with Gasteiger partial charge in [-0.15, -0.1) is 0 Å². The number of imidazole rings is 1. The van der Waals surface area contributed by atoms with Crippen LogP contribution < -0.4 is 5.32 Å². The molecule has 7 nitrogen and oxygen atoms in total. The van der Waals surface area contributed by atoms with Crippen molar-refractivity contribution in [1.29, 1.82) is 0 Å². The highest BCUT2D eigenvalue weighted by Crippen LogP contribution is 2.23. The molecule has 0 aliphatic rings. The molecular weight excluding hydrogens is 328 g/mol. The maximum absolute atomic E-state index is 12.7. The number of aromatic nitrogens is 5. The molecule has 0 saturated heterocycles. The Labute approximate surface area is 149 Å². The van der Waals surface area contributed by atoms with Crippen molar-refractivity contribution < 1.29 is 4.79 Å². The summed E-state index contributed by atoms with van der Waals surface area (Å²) >= 11 is 0. The zero-order chi connectivity index (χ0) is 17.8.